The molecule has 1 N–H and O–H groups in total. The van der Waals surface area contributed by atoms with Crippen LogP contribution in [0.3, 0.4) is 0 Å². The molecule has 0 spiro atoms. The number of nitrogens with one attached hydrogen (secondary N) is 1. The van der Waals surface area contributed by atoms with Crippen LogP contribution in [0, 0.1) is 0 Å². The largest absolute Gasteiger partial charge is 0.467 e. The molecular weight excluding hydrogens is 436 g/mol. The lowest BCUT2D eigenvalue weighted by Crippen LogP contribution is -2.41. The Hall–Kier alpha value is -2.28. The van der Waals surface area contributed by atoms with Crippen LogP contribution in [0.1, 0.15) is 117 Å². The molecule has 0 aliphatic carbocycles. The van der Waals surface area contributed by atoms with Crippen LogP contribution >= 0.6 is 0 Å². The Morgan fingerprint density at radius 1 is 0.853 bits per heavy atom. The summed E-state index contributed by atoms with van der Waals surface area (Å²) in [7, 11) is 1.27. The first-order valence-corrected chi connectivity index (χ1v) is 12.8. The van der Waals surface area contributed by atoms with Crippen molar-refractivity contribution in [1.82, 2.24) is 5.32 Å². The van der Waals surface area contributed by atoms with Crippen molar-refractivity contribution in [2.24, 2.45) is 5.11 Å². The minimum absolute atomic E-state index is 0.0965. The lowest BCUT2D eigenvalue weighted by molar-refractivity contribution is -0.155. The summed E-state index contributed by atoms with van der Waals surface area (Å²) in [6, 6.07) is -0.770. The molecule has 0 aromatic carbocycles. The molecule has 9 nitrogen and oxygen atoms in total. The van der Waals surface area contributed by atoms with Crippen molar-refractivity contribution in [3.63, 3.8) is 0 Å². The van der Waals surface area contributed by atoms with Gasteiger partial charge >= 0.3 is 11.9 Å². The van der Waals surface area contributed by atoms with Crippen molar-refractivity contribution in [2.45, 2.75) is 129 Å². The average molecular weight is 483 g/mol. The van der Waals surface area contributed by atoms with Gasteiger partial charge in [0.15, 0.2) is 0 Å². The summed E-state index contributed by atoms with van der Waals surface area (Å²) in [5.41, 5.74) is 7.94. The van der Waals surface area contributed by atoms with Gasteiger partial charge < -0.3 is 14.8 Å². The standard InChI is InChI=1S/C25H46N4O5/c1-25(2,3)34-23(31)18-16-14-12-10-8-6-5-7-9-11-13-15-17-22(30)28-21(24(32)33-4)19-20-27-29-26/h21H,5-20H2,1-4H3,(H,28,30)/t21-/m0/s1. The van der Waals surface area contributed by atoms with E-state index in [1.54, 1.807) is 0 Å². The number of amides is 1. The molecule has 9 heteroatoms. The van der Waals surface area contributed by atoms with E-state index in [-0.39, 0.29) is 24.8 Å². The van der Waals surface area contributed by atoms with Gasteiger partial charge in [0.05, 0.1) is 7.11 Å². The predicted octanol–water partition coefficient (Wildman–Crippen LogP) is 6.15. The van der Waals surface area contributed by atoms with E-state index < -0.39 is 17.6 Å². The van der Waals surface area contributed by atoms with Crippen LogP contribution in [0.2, 0.25) is 0 Å². The molecule has 0 bridgehead atoms. The van der Waals surface area contributed by atoms with E-state index in [4.69, 9.17) is 10.3 Å². The summed E-state index contributed by atoms with van der Waals surface area (Å²) in [5, 5.41) is 6.06. The van der Waals surface area contributed by atoms with Gasteiger partial charge in [0, 0.05) is 24.3 Å². The van der Waals surface area contributed by atoms with Gasteiger partial charge in [-0.2, -0.15) is 0 Å². The molecule has 0 heterocycles. The number of hydrogen-bond acceptors (Lipinski definition) is 6. The number of hydrogen-bond donors (Lipinski definition) is 1. The fourth-order valence-electron chi connectivity index (χ4n) is 3.60. The first kappa shape index (κ1) is 31.7. The third-order valence-corrected chi connectivity index (χ3v) is 5.36. The fraction of sp³-hybridized carbons (Fsp3) is 0.880. The van der Waals surface area contributed by atoms with Gasteiger partial charge in [-0.15, -0.1) is 0 Å². The first-order valence-electron chi connectivity index (χ1n) is 12.8. The molecular formula is C25H46N4O5. The molecule has 0 saturated carbocycles. The highest BCUT2D eigenvalue weighted by molar-refractivity contribution is 5.84. The van der Waals surface area contributed by atoms with Crippen molar-refractivity contribution in [3.05, 3.63) is 10.4 Å². The van der Waals surface area contributed by atoms with Crippen LogP contribution in [-0.4, -0.2) is 43.1 Å². The van der Waals surface area contributed by atoms with E-state index in [0.29, 0.717) is 12.8 Å². The van der Waals surface area contributed by atoms with Gasteiger partial charge in [-0.05, 0) is 45.6 Å². The number of methoxy groups -OCH3 is 1. The highest BCUT2D eigenvalue weighted by atomic mass is 16.6. The van der Waals surface area contributed by atoms with Crippen molar-refractivity contribution < 1.29 is 23.9 Å². The van der Waals surface area contributed by atoms with Crippen molar-refractivity contribution in [2.75, 3.05) is 13.7 Å². The molecule has 0 saturated heterocycles. The van der Waals surface area contributed by atoms with Crippen molar-refractivity contribution >= 4 is 17.8 Å². The van der Waals surface area contributed by atoms with Gasteiger partial charge in [-0.1, -0.05) is 69.3 Å². The summed E-state index contributed by atoms with van der Waals surface area (Å²) in [6.45, 7) is 5.81. The minimum Gasteiger partial charge on any atom is -0.467 e. The highest BCUT2D eigenvalue weighted by Gasteiger charge is 2.20. The number of rotatable bonds is 20. The van der Waals surface area contributed by atoms with Crippen molar-refractivity contribution in [3.8, 4) is 0 Å². The number of esters is 2. The molecule has 34 heavy (non-hydrogen) atoms. The van der Waals surface area contributed by atoms with E-state index in [1.807, 2.05) is 20.8 Å². The van der Waals surface area contributed by atoms with E-state index in [9.17, 15) is 14.4 Å². The average Bonchev–Trinajstić information content (AvgIpc) is 2.77. The Morgan fingerprint density at radius 3 is 1.76 bits per heavy atom. The lowest BCUT2D eigenvalue weighted by Gasteiger charge is -2.19. The second-order valence-corrected chi connectivity index (χ2v) is 9.72. The smallest absolute Gasteiger partial charge is 0.328 e. The monoisotopic (exact) mass is 482 g/mol. The summed E-state index contributed by atoms with van der Waals surface area (Å²) in [4.78, 5) is 38.1. The number of ether oxygens (including phenoxy) is 2. The Balaban J connectivity index is 3.57. The van der Waals surface area contributed by atoms with Crippen LogP contribution in [0.4, 0.5) is 0 Å². The summed E-state index contributed by atoms with van der Waals surface area (Å²) < 4.78 is 10.00. The quantitative estimate of drug-likeness (QED) is 0.0731. The normalized spacial score (nSPS) is 11.9. The number of nitrogens with zero attached hydrogens (tertiary/aromatic N) is 3. The maximum Gasteiger partial charge on any atom is 0.328 e. The van der Waals surface area contributed by atoms with E-state index in [0.717, 1.165) is 32.1 Å². The molecule has 0 rings (SSSR count). The minimum atomic E-state index is -0.770. The fourth-order valence-corrected chi connectivity index (χ4v) is 3.60. The van der Waals surface area contributed by atoms with Crippen LogP contribution in [-0.2, 0) is 23.9 Å². The number of carbonyl (C=O) groups is 3. The zero-order chi connectivity index (χ0) is 25.7. The molecule has 0 radical (unpaired) electrons. The van der Waals surface area contributed by atoms with Gasteiger partial charge in [-0.25, -0.2) is 4.79 Å². The molecule has 0 unspecified atom stereocenters. The van der Waals surface area contributed by atoms with E-state index >= 15 is 0 Å². The molecule has 0 aliphatic heterocycles. The molecule has 1 amide bonds. The molecule has 0 fully saturated rings. The maximum atomic E-state index is 12.1. The Labute approximate surface area is 205 Å². The van der Waals surface area contributed by atoms with Crippen molar-refractivity contribution in [1.29, 1.82) is 0 Å². The molecule has 0 aliphatic rings. The zero-order valence-corrected chi connectivity index (χ0v) is 21.8. The number of carbonyl (C=O) groups excluding carboxylic acids is 3. The Bertz CT molecular complexity index is 627. The zero-order valence-electron chi connectivity index (χ0n) is 21.8. The van der Waals surface area contributed by atoms with Gasteiger partial charge in [0.1, 0.15) is 11.6 Å². The number of unbranched alkanes of at least 4 members (excludes halogenated alkanes) is 11. The molecule has 196 valence electrons. The predicted molar refractivity (Wildman–Crippen MR) is 133 cm³/mol. The summed E-state index contributed by atoms with van der Waals surface area (Å²) in [5.74, 6) is -0.800. The lowest BCUT2D eigenvalue weighted by atomic mass is 10.0. The maximum absolute atomic E-state index is 12.1. The first-order chi connectivity index (χ1) is 16.2. The molecule has 0 aromatic heterocycles. The van der Waals surface area contributed by atoms with Crippen LogP contribution in [0.25, 0.3) is 10.4 Å². The SMILES string of the molecule is COC(=O)[C@H](CCN=[N+]=[N-])NC(=O)CCCCCCCCCCCCCCC(=O)OC(C)(C)C. The van der Waals surface area contributed by atoms with Gasteiger partial charge in [0.25, 0.3) is 0 Å². The topological polar surface area (TPSA) is 130 Å². The second kappa shape index (κ2) is 20.1. The number of azide groups is 1. The summed E-state index contributed by atoms with van der Waals surface area (Å²) in [6.07, 6.45) is 14.5. The van der Waals surface area contributed by atoms with E-state index in [2.05, 4.69) is 20.1 Å². The molecule has 1 atom stereocenters. The third-order valence-electron chi connectivity index (χ3n) is 5.36. The second-order valence-electron chi connectivity index (χ2n) is 9.72. The molecule has 0 aromatic rings. The van der Waals surface area contributed by atoms with Crippen LogP contribution < -0.4 is 5.32 Å². The van der Waals surface area contributed by atoms with Gasteiger partial charge in [-0.3, -0.25) is 9.59 Å². The third kappa shape index (κ3) is 20.3. The Morgan fingerprint density at radius 2 is 1.32 bits per heavy atom. The Kier molecular flexibility index (Phi) is 18.8. The van der Waals surface area contributed by atoms with Gasteiger partial charge in [0.2, 0.25) is 5.91 Å². The van der Waals surface area contributed by atoms with Crippen LogP contribution in [0.5, 0.6) is 0 Å². The highest BCUT2D eigenvalue weighted by Crippen LogP contribution is 2.14. The van der Waals surface area contributed by atoms with E-state index in [1.165, 1.54) is 52.1 Å². The van der Waals surface area contributed by atoms with Crippen LogP contribution in [0.15, 0.2) is 5.11 Å². The summed E-state index contributed by atoms with van der Waals surface area (Å²) >= 11 is 0.